The van der Waals surface area contributed by atoms with Gasteiger partial charge in [-0.25, -0.2) is 21.6 Å². The standard InChI is InChI=1S/C16H30N4O5S2/c1-26(22,23)20(27(2,24)25)15(21)18-14-3-6-16(7-4-14)11-19(12-16)10-13-5-8-17-9-13/h13-14,17H,3-12H2,1-2H3,(H,18,21)/t13-/m1/s1. The zero-order chi connectivity index (χ0) is 19.9. The number of nitrogens with zero attached hydrogens (tertiary/aromatic N) is 2. The van der Waals surface area contributed by atoms with Crippen molar-refractivity contribution in [2.45, 2.75) is 38.1 Å². The molecule has 0 radical (unpaired) electrons. The molecule has 3 aliphatic rings. The summed E-state index contributed by atoms with van der Waals surface area (Å²) in [5, 5.41) is 5.99. The molecule has 0 aromatic carbocycles. The summed E-state index contributed by atoms with van der Waals surface area (Å²) >= 11 is 0. The van der Waals surface area contributed by atoms with E-state index in [2.05, 4.69) is 15.5 Å². The first-order valence-electron chi connectivity index (χ1n) is 9.43. The summed E-state index contributed by atoms with van der Waals surface area (Å²) in [6.45, 7) is 5.54. The lowest BCUT2D eigenvalue weighted by Gasteiger charge is -2.54. The first-order chi connectivity index (χ1) is 12.5. The molecule has 11 heteroatoms. The summed E-state index contributed by atoms with van der Waals surface area (Å²) in [6.07, 6.45) is 6.09. The number of amides is 2. The molecule has 0 unspecified atom stereocenters. The number of hydrogen-bond donors (Lipinski definition) is 2. The third-order valence-electron chi connectivity index (χ3n) is 5.94. The summed E-state index contributed by atoms with van der Waals surface area (Å²) in [5.74, 6) is 0.746. The van der Waals surface area contributed by atoms with Crippen molar-refractivity contribution in [3.8, 4) is 0 Å². The highest BCUT2D eigenvalue weighted by atomic mass is 32.3. The Kier molecular flexibility index (Phi) is 5.77. The van der Waals surface area contributed by atoms with Crippen molar-refractivity contribution in [1.82, 2.24) is 19.2 Å². The van der Waals surface area contributed by atoms with E-state index in [1.54, 1.807) is 0 Å². The van der Waals surface area contributed by atoms with Crippen molar-refractivity contribution >= 4 is 26.1 Å². The molecule has 1 saturated carbocycles. The van der Waals surface area contributed by atoms with Crippen LogP contribution in [0.25, 0.3) is 0 Å². The van der Waals surface area contributed by atoms with Crippen molar-refractivity contribution in [1.29, 1.82) is 0 Å². The monoisotopic (exact) mass is 422 g/mol. The second-order valence-corrected chi connectivity index (χ2v) is 12.4. The van der Waals surface area contributed by atoms with Gasteiger partial charge in [-0.3, -0.25) is 0 Å². The number of nitrogens with one attached hydrogen (secondary N) is 2. The predicted octanol–water partition coefficient (Wildman–Crippen LogP) is -0.229. The van der Waals surface area contributed by atoms with Crippen LogP contribution in [0.15, 0.2) is 0 Å². The lowest BCUT2D eigenvalue weighted by Crippen LogP contribution is -2.60. The largest absolute Gasteiger partial charge is 0.345 e. The Balaban J connectivity index is 1.48. The highest BCUT2D eigenvalue weighted by molar-refractivity contribution is 8.04. The molecule has 2 saturated heterocycles. The van der Waals surface area contributed by atoms with Gasteiger partial charge in [-0.15, -0.1) is 3.71 Å². The Morgan fingerprint density at radius 2 is 1.70 bits per heavy atom. The van der Waals surface area contributed by atoms with E-state index >= 15 is 0 Å². The third-order valence-corrected chi connectivity index (χ3v) is 9.10. The van der Waals surface area contributed by atoms with Crippen LogP contribution in [0.2, 0.25) is 0 Å². The van der Waals surface area contributed by atoms with E-state index in [1.165, 1.54) is 6.42 Å². The van der Waals surface area contributed by atoms with Crippen LogP contribution >= 0.6 is 0 Å². The molecule has 0 aromatic rings. The molecule has 0 bridgehead atoms. The van der Waals surface area contributed by atoms with Crippen LogP contribution < -0.4 is 10.6 Å². The molecule has 1 aliphatic carbocycles. The molecular formula is C16H30N4O5S2. The lowest BCUT2D eigenvalue weighted by molar-refractivity contribution is -0.0393. The molecule has 156 valence electrons. The van der Waals surface area contributed by atoms with Gasteiger partial charge in [0, 0.05) is 25.7 Å². The Morgan fingerprint density at radius 1 is 1.11 bits per heavy atom. The zero-order valence-electron chi connectivity index (χ0n) is 16.0. The van der Waals surface area contributed by atoms with Crippen LogP contribution in [0.1, 0.15) is 32.1 Å². The molecule has 2 aliphatic heterocycles. The average Bonchev–Trinajstić information content (AvgIpc) is 2.97. The molecule has 0 aromatic heterocycles. The fourth-order valence-electron chi connectivity index (χ4n) is 4.73. The van der Waals surface area contributed by atoms with Gasteiger partial charge in [0.25, 0.3) is 0 Å². The van der Waals surface area contributed by atoms with Crippen LogP contribution in [-0.4, -0.2) is 82.8 Å². The summed E-state index contributed by atoms with van der Waals surface area (Å²) in [6, 6.07) is -1.27. The van der Waals surface area contributed by atoms with Crippen molar-refractivity contribution in [3.63, 3.8) is 0 Å². The Morgan fingerprint density at radius 3 is 2.19 bits per heavy atom. The number of rotatable bonds is 5. The summed E-state index contributed by atoms with van der Waals surface area (Å²) in [7, 11) is -8.37. The maximum atomic E-state index is 12.2. The second-order valence-electron chi connectivity index (χ2n) is 8.48. The molecule has 2 heterocycles. The maximum absolute atomic E-state index is 12.2. The fraction of sp³-hybridized carbons (Fsp3) is 0.938. The van der Waals surface area contributed by atoms with E-state index in [1.807, 2.05) is 0 Å². The van der Waals surface area contributed by atoms with Gasteiger partial charge in [0.1, 0.15) is 0 Å². The molecule has 1 atom stereocenters. The van der Waals surface area contributed by atoms with Gasteiger partial charge in [0.05, 0.1) is 12.5 Å². The van der Waals surface area contributed by atoms with Crippen molar-refractivity contribution < 1.29 is 21.6 Å². The molecule has 27 heavy (non-hydrogen) atoms. The van der Waals surface area contributed by atoms with Crippen LogP contribution in [0.4, 0.5) is 4.79 Å². The average molecular weight is 423 g/mol. The van der Waals surface area contributed by atoms with Crippen LogP contribution in [0.5, 0.6) is 0 Å². The first-order valence-corrected chi connectivity index (χ1v) is 13.1. The SMILES string of the molecule is CS(=O)(=O)N(C(=O)NC1CCC2(CC1)CN(C[C@@H]1CCNC1)C2)S(C)(=O)=O. The van der Waals surface area contributed by atoms with Gasteiger partial charge < -0.3 is 15.5 Å². The lowest BCUT2D eigenvalue weighted by atomic mass is 9.67. The third kappa shape index (κ3) is 4.93. The molecule has 2 N–H and O–H groups in total. The summed E-state index contributed by atoms with van der Waals surface area (Å²) < 4.78 is 46.6. The van der Waals surface area contributed by atoms with Crippen molar-refractivity contribution in [2.24, 2.45) is 11.3 Å². The van der Waals surface area contributed by atoms with Gasteiger partial charge >= 0.3 is 6.03 Å². The smallest absolute Gasteiger partial charge is 0.334 e. The number of likely N-dealkylation sites (tertiary alicyclic amines) is 1. The second kappa shape index (κ2) is 7.49. The quantitative estimate of drug-likeness (QED) is 0.629. The number of hydrogen-bond acceptors (Lipinski definition) is 7. The van der Waals surface area contributed by atoms with E-state index < -0.39 is 26.1 Å². The van der Waals surface area contributed by atoms with E-state index in [0.717, 1.165) is 64.3 Å². The van der Waals surface area contributed by atoms with Crippen LogP contribution in [0.3, 0.4) is 0 Å². The van der Waals surface area contributed by atoms with Crippen molar-refractivity contribution in [3.05, 3.63) is 0 Å². The van der Waals surface area contributed by atoms with Gasteiger partial charge in [-0.2, -0.15) is 0 Å². The van der Waals surface area contributed by atoms with Gasteiger partial charge in [0.2, 0.25) is 20.0 Å². The minimum absolute atomic E-state index is 0.0505. The Hall–Kier alpha value is -0.910. The van der Waals surface area contributed by atoms with E-state index in [0.29, 0.717) is 17.9 Å². The highest BCUT2D eigenvalue weighted by Crippen LogP contribution is 2.44. The minimum Gasteiger partial charge on any atom is -0.334 e. The highest BCUT2D eigenvalue weighted by Gasteiger charge is 2.46. The molecule has 3 rings (SSSR count). The number of carbonyl (C=O) groups is 1. The maximum Gasteiger partial charge on any atom is 0.345 e. The first kappa shape index (κ1) is 20.8. The molecule has 2 amide bonds. The molecule has 9 nitrogen and oxygen atoms in total. The summed E-state index contributed by atoms with van der Waals surface area (Å²) in [5.41, 5.74) is 0.306. The van der Waals surface area contributed by atoms with Crippen molar-refractivity contribution in [2.75, 3.05) is 45.2 Å². The Bertz CT molecular complexity index is 729. The fourth-order valence-corrected chi connectivity index (χ4v) is 7.41. The number of urea groups is 1. The van der Waals surface area contributed by atoms with Crippen LogP contribution in [-0.2, 0) is 20.0 Å². The molecule has 1 spiro atoms. The van der Waals surface area contributed by atoms with E-state index in [-0.39, 0.29) is 9.75 Å². The number of carbonyl (C=O) groups excluding carboxylic acids is 1. The normalized spacial score (nSPS) is 26.7. The van der Waals surface area contributed by atoms with E-state index in [4.69, 9.17) is 0 Å². The molecule has 3 fully saturated rings. The van der Waals surface area contributed by atoms with Gasteiger partial charge in [0.15, 0.2) is 0 Å². The zero-order valence-corrected chi connectivity index (χ0v) is 17.6. The minimum atomic E-state index is -4.19. The predicted molar refractivity (Wildman–Crippen MR) is 102 cm³/mol. The van der Waals surface area contributed by atoms with E-state index in [9.17, 15) is 21.6 Å². The molecular weight excluding hydrogens is 392 g/mol. The summed E-state index contributed by atoms with van der Waals surface area (Å²) in [4.78, 5) is 14.7. The Labute approximate surface area is 161 Å². The van der Waals surface area contributed by atoms with Gasteiger partial charge in [-0.1, -0.05) is 0 Å². The van der Waals surface area contributed by atoms with Gasteiger partial charge in [-0.05, 0) is 56.5 Å². The number of sulfonamides is 2. The topological polar surface area (TPSA) is 116 Å². The van der Waals surface area contributed by atoms with Crippen LogP contribution in [0, 0.1) is 11.3 Å².